The molecule has 1 spiro atoms. The second kappa shape index (κ2) is 7.18. The van der Waals surface area contributed by atoms with Crippen LogP contribution in [0.1, 0.15) is 18.4 Å². The van der Waals surface area contributed by atoms with Gasteiger partial charge in [0.2, 0.25) is 5.82 Å². The molecule has 2 fully saturated rings. The zero-order valence-electron chi connectivity index (χ0n) is 16.1. The van der Waals surface area contributed by atoms with Crippen LogP contribution in [0.3, 0.4) is 0 Å². The Labute approximate surface area is 179 Å². The highest BCUT2D eigenvalue weighted by Crippen LogP contribution is 2.42. The van der Waals surface area contributed by atoms with Crippen LogP contribution < -0.4 is 9.80 Å². The molecule has 0 radical (unpaired) electrons. The minimum absolute atomic E-state index is 0.249. The Morgan fingerprint density at radius 1 is 1.03 bits per heavy atom. The van der Waals surface area contributed by atoms with Crippen molar-refractivity contribution in [3.63, 3.8) is 0 Å². The van der Waals surface area contributed by atoms with Crippen LogP contribution >= 0.6 is 23.2 Å². The third-order valence-electron chi connectivity index (χ3n) is 5.74. The number of pyridine rings is 1. The van der Waals surface area contributed by atoms with E-state index in [2.05, 4.69) is 44.0 Å². The van der Waals surface area contributed by atoms with Gasteiger partial charge in [0, 0.05) is 53.4 Å². The first-order valence-corrected chi connectivity index (χ1v) is 10.5. The number of nitrogens with zero attached hydrogens (tertiary/aromatic N) is 5. The Hall–Kier alpha value is -2.31. The summed E-state index contributed by atoms with van der Waals surface area (Å²) in [5.74, 6) is 1.55. The molecule has 2 aromatic heterocycles. The van der Waals surface area contributed by atoms with Crippen LogP contribution in [0.15, 0.2) is 41.1 Å². The highest BCUT2D eigenvalue weighted by molar-refractivity contribution is 6.35. The molecule has 2 aliphatic heterocycles. The Morgan fingerprint density at radius 3 is 2.52 bits per heavy atom. The molecule has 150 valence electrons. The molecule has 1 aromatic carbocycles. The van der Waals surface area contributed by atoms with Gasteiger partial charge in [0.05, 0.1) is 0 Å². The monoisotopic (exact) mass is 429 g/mol. The van der Waals surface area contributed by atoms with Gasteiger partial charge in [-0.15, -0.1) is 0 Å². The number of hydrogen-bond acceptors (Lipinski definition) is 6. The lowest BCUT2D eigenvalue weighted by Crippen LogP contribution is -2.63. The average Bonchev–Trinajstić information content (AvgIpc) is 3.17. The number of anilines is 2. The van der Waals surface area contributed by atoms with E-state index in [9.17, 15) is 0 Å². The van der Waals surface area contributed by atoms with Crippen LogP contribution in [0.4, 0.5) is 11.8 Å². The first-order chi connectivity index (χ1) is 14.0. The Morgan fingerprint density at radius 2 is 1.79 bits per heavy atom. The fourth-order valence-electron chi connectivity index (χ4n) is 4.35. The van der Waals surface area contributed by atoms with E-state index in [4.69, 9.17) is 27.7 Å². The third kappa shape index (κ3) is 3.67. The van der Waals surface area contributed by atoms with Gasteiger partial charge in [-0.25, -0.2) is 4.98 Å². The lowest BCUT2D eigenvalue weighted by atomic mass is 9.73. The number of piperidine rings is 1. The summed E-state index contributed by atoms with van der Waals surface area (Å²) in [7, 11) is 0. The molecule has 0 N–H and O–H groups in total. The summed E-state index contributed by atoms with van der Waals surface area (Å²) in [5.41, 5.74) is 2.18. The highest BCUT2D eigenvalue weighted by Gasteiger charge is 2.47. The quantitative estimate of drug-likeness (QED) is 0.592. The van der Waals surface area contributed by atoms with Gasteiger partial charge in [-0.05, 0) is 49.6 Å². The molecule has 8 heteroatoms. The molecular weight excluding hydrogens is 409 g/mol. The highest BCUT2D eigenvalue weighted by atomic mass is 35.5. The van der Waals surface area contributed by atoms with Gasteiger partial charge < -0.3 is 14.3 Å². The van der Waals surface area contributed by atoms with E-state index in [-0.39, 0.29) is 5.41 Å². The second-order valence-electron chi connectivity index (χ2n) is 8.13. The van der Waals surface area contributed by atoms with Crippen LogP contribution in [-0.2, 0) is 0 Å². The first-order valence-electron chi connectivity index (χ1n) is 9.73. The van der Waals surface area contributed by atoms with Gasteiger partial charge in [-0.3, -0.25) is 0 Å². The first kappa shape index (κ1) is 18.7. The van der Waals surface area contributed by atoms with Crippen molar-refractivity contribution >= 4 is 35.0 Å². The summed E-state index contributed by atoms with van der Waals surface area (Å²) in [6.45, 7) is 5.90. The van der Waals surface area contributed by atoms with Gasteiger partial charge in [0.1, 0.15) is 5.82 Å². The topological polar surface area (TPSA) is 58.3 Å². The third-order valence-corrected chi connectivity index (χ3v) is 6.18. The summed E-state index contributed by atoms with van der Waals surface area (Å²) in [6.07, 6.45) is 4.24. The van der Waals surface area contributed by atoms with E-state index in [1.54, 1.807) is 18.2 Å². The summed E-state index contributed by atoms with van der Waals surface area (Å²) < 4.78 is 5.58. The molecule has 0 bridgehead atoms. The predicted molar refractivity (Wildman–Crippen MR) is 115 cm³/mol. The Balaban J connectivity index is 1.29. The minimum Gasteiger partial charge on any atom is -0.355 e. The molecule has 3 aromatic rings. The summed E-state index contributed by atoms with van der Waals surface area (Å²) in [4.78, 5) is 13.7. The van der Waals surface area contributed by atoms with Crippen molar-refractivity contribution in [2.45, 2.75) is 19.8 Å². The van der Waals surface area contributed by atoms with Crippen molar-refractivity contribution in [3.8, 4) is 11.4 Å². The Kier molecular flexibility index (Phi) is 4.63. The minimum atomic E-state index is 0.249. The standard InChI is InChI=1S/C21H21Cl2N5O/c1-14-3-4-18(24-10-14)28-12-21(13-28)5-2-6-27(11-21)20-25-19(26-29-20)15-7-16(22)9-17(23)8-15/h3-4,7-10H,2,5-6,11-13H2,1H3. The average molecular weight is 430 g/mol. The van der Waals surface area contributed by atoms with Crippen molar-refractivity contribution in [1.29, 1.82) is 0 Å². The number of aryl methyl sites for hydroxylation is 1. The van der Waals surface area contributed by atoms with Crippen molar-refractivity contribution in [2.75, 3.05) is 36.0 Å². The van der Waals surface area contributed by atoms with Crippen molar-refractivity contribution < 1.29 is 4.52 Å². The number of hydrogen-bond donors (Lipinski definition) is 0. The van der Waals surface area contributed by atoms with Crippen LogP contribution in [-0.4, -0.2) is 41.3 Å². The van der Waals surface area contributed by atoms with Crippen molar-refractivity contribution in [3.05, 3.63) is 52.1 Å². The van der Waals surface area contributed by atoms with Crippen LogP contribution in [0, 0.1) is 12.3 Å². The summed E-state index contributed by atoms with van der Waals surface area (Å²) >= 11 is 12.2. The van der Waals surface area contributed by atoms with E-state index in [1.165, 1.54) is 12.0 Å². The molecule has 29 heavy (non-hydrogen) atoms. The van der Waals surface area contributed by atoms with Crippen molar-refractivity contribution in [1.82, 2.24) is 15.1 Å². The zero-order chi connectivity index (χ0) is 20.0. The number of benzene rings is 1. The van der Waals surface area contributed by atoms with E-state index in [1.807, 2.05) is 6.20 Å². The zero-order valence-corrected chi connectivity index (χ0v) is 17.6. The van der Waals surface area contributed by atoms with Gasteiger partial charge in [-0.1, -0.05) is 34.4 Å². The van der Waals surface area contributed by atoms with E-state index < -0.39 is 0 Å². The molecular formula is C21H21Cl2N5O. The molecule has 0 atom stereocenters. The Bertz CT molecular complexity index is 1010. The molecule has 2 aliphatic rings. The smallest absolute Gasteiger partial charge is 0.324 e. The fourth-order valence-corrected chi connectivity index (χ4v) is 4.87. The lowest BCUT2D eigenvalue weighted by Gasteiger charge is -2.54. The maximum absolute atomic E-state index is 6.10. The van der Waals surface area contributed by atoms with Gasteiger partial charge in [0.15, 0.2) is 0 Å². The predicted octanol–water partition coefficient (Wildman–Crippen LogP) is 4.85. The molecule has 6 nitrogen and oxygen atoms in total. The molecule has 0 amide bonds. The fraction of sp³-hybridized carbons (Fsp3) is 0.381. The normalized spacial score (nSPS) is 18.2. The molecule has 0 saturated carbocycles. The molecule has 2 saturated heterocycles. The molecule has 5 rings (SSSR count). The number of halogens is 2. The molecule has 0 aliphatic carbocycles. The number of rotatable bonds is 3. The van der Waals surface area contributed by atoms with Gasteiger partial charge in [0.25, 0.3) is 0 Å². The maximum atomic E-state index is 6.10. The van der Waals surface area contributed by atoms with Gasteiger partial charge >= 0.3 is 6.01 Å². The molecule has 4 heterocycles. The van der Waals surface area contributed by atoms with E-state index in [0.717, 1.165) is 44.0 Å². The van der Waals surface area contributed by atoms with Crippen LogP contribution in [0.5, 0.6) is 0 Å². The van der Waals surface area contributed by atoms with E-state index >= 15 is 0 Å². The van der Waals surface area contributed by atoms with E-state index in [0.29, 0.717) is 21.9 Å². The molecule has 0 unspecified atom stereocenters. The second-order valence-corrected chi connectivity index (χ2v) is 9.01. The summed E-state index contributed by atoms with van der Waals surface area (Å²) in [6, 6.07) is 10.0. The van der Waals surface area contributed by atoms with Gasteiger partial charge in [-0.2, -0.15) is 4.98 Å². The van der Waals surface area contributed by atoms with Crippen LogP contribution in [0.2, 0.25) is 10.0 Å². The SMILES string of the molecule is Cc1ccc(N2CC3(CCCN(c4nc(-c5cc(Cl)cc(Cl)c5)no4)C3)C2)nc1. The van der Waals surface area contributed by atoms with Crippen molar-refractivity contribution in [2.24, 2.45) is 5.41 Å². The largest absolute Gasteiger partial charge is 0.355 e. The lowest BCUT2D eigenvalue weighted by molar-refractivity contribution is 0.168. The van der Waals surface area contributed by atoms with Crippen LogP contribution in [0.25, 0.3) is 11.4 Å². The maximum Gasteiger partial charge on any atom is 0.324 e. The number of aromatic nitrogens is 3. The summed E-state index contributed by atoms with van der Waals surface area (Å²) in [5, 5.41) is 5.24.